The molecule has 3 aromatic rings. The first kappa shape index (κ1) is 21.1. The minimum absolute atomic E-state index is 0.00322. The quantitative estimate of drug-likeness (QED) is 0.556. The summed E-state index contributed by atoms with van der Waals surface area (Å²) in [6.07, 6.45) is 3.09. The third-order valence-electron chi connectivity index (χ3n) is 4.48. The Kier molecular flexibility index (Phi) is 6.39. The normalized spacial score (nSPS) is 15.0. The average molecular weight is 458 g/mol. The maximum atomic E-state index is 14.3. The number of carbonyl (C=O) groups excluding carboxylic acids is 2. The molecule has 0 fully saturated rings. The lowest BCUT2D eigenvalue weighted by Gasteiger charge is -2.23. The number of aromatic nitrogens is 1. The number of thioether (sulfide) groups is 1. The molecule has 4 rings (SSSR count). The van der Waals surface area contributed by atoms with Gasteiger partial charge in [-0.2, -0.15) is 0 Å². The maximum Gasteiger partial charge on any atom is 0.238 e. The van der Waals surface area contributed by atoms with E-state index in [1.807, 2.05) is 6.07 Å². The van der Waals surface area contributed by atoms with Crippen molar-refractivity contribution in [3.8, 4) is 11.5 Å². The fourth-order valence-electron chi connectivity index (χ4n) is 2.97. The van der Waals surface area contributed by atoms with Crippen LogP contribution in [0.1, 0.15) is 12.0 Å². The molecule has 2 aromatic carbocycles. The molecule has 2 N–H and O–H groups in total. The summed E-state index contributed by atoms with van der Waals surface area (Å²) in [5.41, 5.74) is 1.22. The van der Waals surface area contributed by atoms with Crippen molar-refractivity contribution in [2.24, 2.45) is 0 Å². The number of hydrogen-bond acceptors (Lipinski definition) is 5. The van der Waals surface area contributed by atoms with E-state index in [0.29, 0.717) is 22.0 Å². The van der Waals surface area contributed by atoms with Gasteiger partial charge < -0.3 is 15.4 Å². The molecule has 158 valence electrons. The van der Waals surface area contributed by atoms with Crippen LogP contribution in [0, 0.1) is 5.82 Å². The van der Waals surface area contributed by atoms with Crippen LogP contribution in [0.2, 0.25) is 5.02 Å². The van der Waals surface area contributed by atoms with E-state index < -0.39 is 11.1 Å². The van der Waals surface area contributed by atoms with E-state index in [1.54, 1.807) is 36.5 Å². The summed E-state index contributed by atoms with van der Waals surface area (Å²) in [5.74, 6) is -0.612. The summed E-state index contributed by atoms with van der Waals surface area (Å²) < 4.78 is 19.8. The molecule has 1 unspecified atom stereocenters. The number of hydrogen-bond donors (Lipinski definition) is 2. The second kappa shape index (κ2) is 9.36. The molecule has 0 saturated carbocycles. The molecular weight excluding hydrogens is 441 g/mol. The van der Waals surface area contributed by atoms with Gasteiger partial charge in [0.2, 0.25) is 11.8 Å². The number of nitrogens with zero attached hydrogens (tertiary/aromatic N) is 1. The zero-order valence-corrected chi connectivity index (χ0v) is 17.7. The van der Waals surface area contributed by atoms with Crippen molar-refractivity contribution in [3.63, 3.8) is 0 Å². The molecule has 0 radical (unpaired) electrons. The van der Waals surface area contributed by atoms with Crippen LogP contribution < -0.4 is 15.4 Å². The van der Waals surface area contributed by atoms with Crippen LogP contribution in [0.25, 0.3) is 0 Å². The summed E-state index contributed by atoms with van der Waals surface area (Å²) in [6.45, 7) is 0.133. The number of pyridine rings is 1. The van der Waals surface area contributed by atoms with Crippen molar-refractivity contribution in [1.29, 1.82) is 0 Å². The van der Waals surface area contributed by atoms with E-state index in [9.17, 15) is 14.0 Å². The number of amides is 2. The number of ether oxygens (including phenoxy) is 1. The standard InChI is InChI=1S/C22H17ClFN3O3S/c23-14-4-6-19-17(9-14)27-22(29)20(31-19)10-21(28)26-11-13-3-5-18(16(24)8-13)30-15-2-1-7-25-12-15/h1-9,12,20H,10-11H2,(H,26,28)(H,27,29). The number of rotatable bonds is 6. The van der Waals surface area contributed by atoms with E-state index in [1.165, 1.54) is 30.1 Å². The van der Waals surface area contributed by atoms with E-state index in [0.717, 1.165) is 4.90 Å². The Morgan fingerprint density at radius 1 is 1.26 bits per heavy atom. The summed E-state index contributed by atoms with van der Waals surface area (Å²) in [7, 11) is 0. The van der Waals surface area contributed by atoms with Gasteiger partial charge >= 0.3 is 0 Å². The van der Waals surface area contributed by atoms with Crippen molar-refractivity contribution >= 4 is 40.9 Å². The van der Waals surface area contributed by atoms with Gasteiger partial charge in [-0.25, -0.2) is 4.39 Å². The number of nitrogens with one attached hydrogen (secondary N) is 2. The summed E-state index contributed by atoms with van der Waals surface area (Å²) in [6, 6.07) is 13.0. The minimum Gasteiger partial charge on any atom is -0.453 e. The topological polar surface area (TPSA) is 80.3 Å². The van der Waals surface area contributed by atoms with Gasteiger partial charge in [-0.15, -0.1) is 11.8 Å². The molecule has 2 amide bonds. The monoisotopic (exact) mass is 457 g/mol. The molecule has 1 aliphatic rings. The average Bonchev–Trinajstić information content (AvgIpc) is 2.75. The molecule has 1 atom stereocenters. The molecule has 9 heteroatoms. The minimum atomic E-state index is -0.555. The van der Waals surface area contributed by atoms with Crippen molar-refractivity contribution < 1.29 is 18.7 Å². The summed E-state index contributed by atoms with van der Waals surface area (Å²) in [4.78, 5) is 29.4. The van der Waals surface area contributed by atoms with Crippen LogP contribution in [-0.4, -0.2) is 22.0 Å². The number of carbonyl (C=O) groups is 2. The molecule has 2 heterocycles. The van der Waals surface area contributed by atoms with Gasteiger partial charge in [-0.3, -0.25) is 14.6 Å². The highest BCUT2D eigenvalue weighted by atomic mass is 35.5. The third-order valence-corrected chi connectivity index (χ3v) is 5.99. The first-order chi connectivity index (χ1) is 15.0. The summed E-state index contributed by atoms with van der Waals surface area (Å²) >= 11 is 7.26. The Hall–Kier alpha value is -3.10. The Morgan fingerprint density at radius 3 is 2.90 bits per heavy atom. The number of anilines is 1. The van der Waals surface area contributed by atoms with Gasteiger partial charge in [-0.1, -0.05) is 17.7 Å². The second-order valence-corrected chi connectivity index (χ2v) is 8.45. The molecule has 0 bridgehead atoms. The van der Waals surface area contributed by atoms with Gasteiger partial charge in [0.15, 0.2) is 11.6 Å². The third kappa shape index (κ3) is 5.34. The predicted molar refractivity (Wildman–Crippen MR) is 117 cm³/mol. The van der Waals surface area contributed by atoms with E-state index in [2.05, 4.69) is 15.6 Å². The van der Waals surface area contributed by atoms with Crippen molar-refractivity contribution in [1.82, 2.24) is 10.3 Å². The Bertz CT molecular complexity index is 1130. The number of benzene rings is 2. The highest BCUT2D eigenvalue weighted by Gasteiger charge is 2.29. The van der Waals surface area contributed by atoms with Crippen LogP contribution in [0.4, 0.5) is 10.1 Å². The molecule has 1 aromatic heterocycles. The van der Waals surface area contributed by atoms with Crippen LogP contribution in [0.3, 0.4) is 0 Å². The maximum absolute atomic E-state index is 14.3. The van der Waals surface area contributed by atoms with Crippen LogP contribution >= 0.6 is 23.4 Å². The van der Waals surface area contributed by atoms with E-state index >= 15 is 0 Å². The lowest BCUT2D eigenvalue weighted by atomic mass is 10.2. The highest BCUT2D eigenvalue weighted by Crippen LogP contribution is 2.38. The Labute approximate surface area is 187 Å². The zero-order chi connectivity index (χ0) is 21.8. The van der Waals surface area contributed by atoms with Crippen LogP contribution in [-0.2, 0) is 16.1 Å². The molecular formula is C22H17ClFN3O3S. The highest BCUT2D eigenvalue weighted by molar-refractivity contribution is 8.01. The van der Waals surface area contributed by atoms with Gasteiger partial charge in [0.05, 0.1) is 17.1 Å². The van der Waals surface area contributed by atoms with Gasteiger partial charge in [0.25, 0.3) is 0 Å². The zero-order valence-electron chi connectivity index (χ0n) is 16.1. The first-order valence-electron chi connectivity index (χ1n) is 9.38. The molecule has 0 saturated heterocycles. The number of halogens is 2. The van der Waals surface area contributed by atoms with Crippen molar-refractivity contribution in [3.05, 3.63) is 77.3 Å². The smallest absolute Gasteiger partial charge is 0.238 e. The Balaban J connectivity index is 1.32. The first-order valence-corrected chi connectivity index (χ1v) is 10.6. The van der Waals surface area contributed by atoms with Crippen molar-refractivity contribution in [2.75, 3.05) is 5.32 Å². The lowest BCUT2D eigenvalue weighted by Crippen LogP contribution is -2.34. The Morgan fingerprint density at radius 2 is 2.13 bits per heavy atom. The SMILES string of the molecule is O=C(CC1Sc2ccc(Cl)cc2NC1=O)NCc1ccc(Oc2cccnc2)c(F)c1. The summed E-state index contributed by atoms with van der Waals surface area (Å²) in [5, 5.41) is 5.47. The second-order valence-electron chi connectivity index (χ2n) is 6.77. The van der Waals surface area contributed by atoms with E-state index in [4.69, 9.17) is 16.3 Å². The predicted octanol–water partition coefficient (Wildman–Crippen LogP) is 4.79. The fourth-order valence-corrected chi connectivity index (χ4v) is 4.23. The lowest BCUT2D eigenvalue weighted by molar-refractivity contribution is -0.124. The largest absolute Gasteiger partial charge is 0.453 e. The molecule has 6 nitrogen and oxygen atoms in total. The van der Waals surface area contributed by atoms with Crippen LogP contribution in [0.5, 0.6) is 11.5 Å². The fraction of sp³-hybridized carbons (Fsp3) is 0.136. The molecule has 0 aliphatic carbocycles. The van der Waals surface area contributed by atoms with Gasteiger partial charge in [-0.05, 0) is 48.0 Å². The van der Waals surface area contributed by atoms with Crippen molar-refractivity contribution in [2.45, 2.75) is 23.1 Å². The van der Waals surface area contributed by atoms with Gasteiger partial charge in [0, 0.05) is 29.1 Å². The van der Waals surface area contributed by atoms with Crippen LogP contribution in [0.15, 0.2) is 65.8 Å². The van der Waals surface area contributed by atoms with E-state index in [-0.39, 0.29) is 30.5 Å². The molecule has 31 heavy (non-hydrogen) atoms. The molecule has 1 aliphatic heterocycles. The molecule has 0 spiro atoms. The number of fused-ring (bicyclic) bond motifs is 1. The van der Waals surface area contributed by atoms with Gasteiger partial charge in [0.1, 0.15) is 5.75 Å².